The van der Waals surface area contributed by atoms with Crippen molar-refractivity contribution < 1.29 is 14.3 Å². The van der Waals surface area contributed by atoms with Gasteiger partial charge in [-0.3, -0.25) is 4.79 Å². The summed E-state index contributed by atoms with van der Waals surface area (Å²) in [6.07, 6.45) is 1.37. The fourth-order valence-electron chi connectivity index (χ4n) is 2.43. The zero-order valence-electron chi connectivity index (χ0n) is 11.0. The minimum absolute atomic E-state index is 0.154. The molecule has 1 aliphatic rings. The molecule has 3 nitrogen and oxygen atoms in total. The van der Waals surface area contributed by atoms with Gasteiger partial charge >= 0.3 is 0 Å². The Balaban J connectivity index is 1.97. The Morgan fingerprint density at radius 2 is 2.11 bits per heavy atom. The summed E-state index contributed by atoms with van der Waals surface area (Å²) < 4.78 is 10.5. The predicted octanol–water partition coefficient (Wildman–Crippen LogP) is 2.48. The van der Waals surface area contributed by atoms with Gasteiger partial charge < -0.3 is 9.47 Å². The molecule has 18 heavy (non-hydrogen) atoms. The summed E-state index contributed by atoms with van der Waals surface area (Å²) in [4.78, 5) is 12.2. The summed E-state index contributed by atoms with van der Waals surface area (Å²) in [5.74, 6) is 1.65. The van der Waals surface area contributed by atoms with E-state index in [9.17, 15) is 4.79 Å². The van der Waals surface area contributed by atoms with E-state index in [0.29, 0.717) is 31.3 Å². The van der Waals surface area contributed by atoms with Crippen LogP contribution in [0.3, 0.4) is 0 Å². The fourth-order valence-corrected chi connectivity index (χ4v) is 2.43. The number of ether oxygens (including phenoxy) is 2. The molecule has 0 aliphatic carbocycles. The molecule has 1 saturated heterocycles. The van der Waals surface area contributed by atoms with Gasteiger partial charge in [0, 0.05) is 25.6 Å². The molecule has 0 aromatic heterocycles. The van der Waals surface area contributed by atoms with Crippen LogP contribution in [0.15, 0.2) is 24.3 Å². The lowest BCUT2D eigenvalue weighted by molar-refractivity contribution is -0.127. The number of benzene rings is 1. The Morgan fingerprint density at radius 1 is 1.39 bits per heavy atom. The molecule has 1 aromatic rings. The average molecular weight is 248 g/mol. The summed E-state index contributed by atoms with van der Waals surface area (Å²) >= 11 is 0. The molecule has 2 unspecified atom stereocenters. The van der Waals surface area contributed by atoms with Gasteiger partial charge in [0.15, 0.2) is 0 Å². The number of hydrogen-bond donors (Lipinski definition) is 0. The summed E-state index contributed by atoms with van der Waals surface area (Å²) in [6.45, 7) is 3.51. The molecule has 0 spiro atoms. The number of rotatable bonds is 4. The first-order valence-electron chi connectivity index (χ1n) is 6.44. The molecule has 0 amide bonds. The number of ketones is 1. The summed E-state index contributed by atoms with van der Waals surface area (Å²) in [7, 11) is 1.64. The zero-order chi connectivity index (χ0) is 13.0. The highest BCUT2D eigenvalue weighted by molar-refractivity contribution is 5.83. The maximum atomic E-state index is 12.2. The van der Waals surface area contributed by atoms with Gasteiger partial charge in [0.2, 0.25) is 0 Å². The van der Waals surface area contributed by atoms with Gasteiger partial charge in [0.1, 0.15) is 11.5 Å². The minimum atomic E-state index is 0.154. The second-order valence-electron chi connectivity index (χ2n) is 4.94. The lowest BCUT2D eigenvalue weighted by Crippen LogP contribution is -2.32. The third-order valence-electron chi connectivity index (χ3n) is 3.59. The van der Waals surface area contributed by atoms with E-state index >= 15 is 0 Å². The number of carbonyl (C=O) groups is 1. The van der Waals surface area contributed by atoms with Crippen LogP contribution < -0.4 is 4.74 Å². The minimum Gasteiger partial charge on any atom is -0.497 e. The standard InChI is InChI=1S/C15H20O3/c1-11-10-18-8-7-14(11)15(16)9-12-3-5-13(17-2)6-4-12/h3-6,11,14H,7-10H2,1-2H3. The van der Waals surface area contributed by atoms with E-state index < -0.39 is 0 Å². The molecule has 3 heteroatoms. The van der Waals surface area contributed by atoms with Gasteiger partial charge in [-0.1, -0.05) is 19.1 Å². The Kier molecular flexibility index (Phi) is 4.37. The molecule has 0 N–H and O–H groups in total. The van der Waals surface area contributed by atoms with Crippen molar-refractivity contribution in [1.82, 2.24) is 0 Å². The van der Waals surface area contributed by atoms with Crippen LogP contribution in [0.1, 0.15) is 18.9 Å². The average Bonchev–Trinajstić information content (AvgIpc) is 2.40. The molecule has 0 radical (unpaired) electrons. The second kappa shape index (κ2) is 6.01. The third kappa shape index (κ3) is 3.10. The molecule has 1 aromatic carbocycles. The Labute approximate surface area is 108 Å². The maximum absolute atomic E-state index is 12.2. The third-order valence-corrected chi connectivity index (χ3v) is 3.59. The predicted molar refractivity (Wildman–Crippen MR) is 69.8 cm³/mol. The van der Waals surface area contributed by atoms with Crippen LogP contribution in [0.5, 0.6) is 5.75 Å². The SMILES string of the molecule is COc1ccc(CC(=O)C2CCOCC2C)cc1. The Morgan fingerprint density at radius 3 is 2.72 bits per heavy atom. The molecule has 1 heterocycles. The molecule has 98 valence electrons. The van der Waals surface area contributed by atoms with Crippen molar-refractivity contribution >= 4 is 5.78 Å². The van der Waals surface area contributed by atoms with Crippen molar-refractivity contribution in [1.29, 1.82) is 0 Å². The lowest BCUT2D eigenvalue weighted by atomic mass is 9.84. The van der Waals surface area contributed by atoms with Crippen LogP contribution in [-0.2, 0) is 16.0 Å². The molecule has 0 bridgehead atoms. The van der Waals surface area contributed by atoms with Crippen LogP contribution in [0.2, 0.25) is 0 Å². The second-order valence-corrected chi connectivity index (χ2v) is 4.94. The molecule has 2 atom stereocenters. The van der Waals surface area contributed by atoms with Crippen molar-refractivity contribution in [3.63, 3.8) is 0 Å². The number of methoxy groups -OCH3 is 1. The largest absolute Gasteiger partial charge is 0.497 e. The van der Waals surface area contributed by atoms with Gasteiger partial charge in [-0.15, -0.1) is 0 Å². The first kappa shape index (κ1) is 13.1. The normalized spacial score (nSPS) is 23.7. The lowest BCUT2D eigenvalue weighted by Gasteiger charge is -2.27. The smallest absolute Gasteiger partial charge is 0.140 e. The van der Waals surface area contributed by atoms with Gasteiger partial charge in [-0.25, -0.2) is 0 Å². The van der Waals surface area contributed by atoms with E-state index in [4.69, 9.17) is 9.47 Å². The first-order valence-corrected chi connectivity index (χ1v) is 6.44. The summed E-state index contributed by atoms with van der Waals surface area (Å²) in [5, 5.41) is 0. The zero-order valence-corrected chi connectivity index (χ0v) is 11.0. The molecular formula is C15H20O3. The van der Waals surface area contributed by atoms with Crippen molar-refractivity contribution in [2.24, 2.45) is 11.8 Å². The van der Waals surface area contributed by atoms with Gasteiger partial charge in [0.05, 0.1) is 7.11 Å². The van der Waals surface area contributed by atoms with Crippen molar-refractivity contribution in [3.05, 3.63) is 29.8 Å². The van der Waals surface area contributed by atoms with Crippen molar-refractivity contribution in [3.8, 4) is 5.75 Å². The van der Waals surface area contributed by atoms with Crippen molar-refractivity contribution in [2.45, 2.75) is 19.8 Å². The summed E-state index contributed by atoms with van der Waals surface area (Å²) in [5.41, 5.74) is 1.06. The van der Waals surface area contributed by atoms with E-state index in [0.717, 1.165) is 17.7 Å². The van der Waals surface area contributed by atoms with Gasteiger partial charge in [-0.05, 0) is 30.0 Å². The fraction of sp³-hybridized carbons (Fsp3) is 0.533. The monoisotopic (exact) mass is 248 g/mol. The topological polar surface area (TPSA) is 35.5 Å². The van der Waals surface area contributed by atoms with E-state index in [-0.39, 0.29) is 5.92 Å². The Hall–Kier alpha value is -1.35. The van der Waals surface area contributed by atoms with E-state index in [1.807, 2.05) is 24.3 Å². The Bertz CT molecular complexity index is 397. The first-order chi connectivity index (χ1) is 8.70. The molecule has 0 saturated carbocycles. The quantitative estimate of drug-likeness (QED) is 0.821. The van der Waals surface area contributed by atoms with Crippen molar-refractivity contribution in [2.75, 3.05) is 20.3 Å². The molecule has 1 fully saturated rings. The maximum Gasteiger partial charge on any atom is 0.140 e. The van der Waals surface area contributed by atoms with Crippen LogP contribution in [-0.4, -0.2) is 26.1 Å². The van der Waals surface area contributed by atoms with Gasteiger partial charge in [0.25, 0.3) is 0 Å². The molecule has 1 aliphatic heterocycles. The highest BCUT2D eigenvalue weighted by atomic mass is 16.5. The van der Waals surface area contributed by atoms with E-state index in [1.54, 1.807) is 7.11 Å². The molecular weight excluding hydrogens is 228 g/mol. The van der Waals surface area contributed by atoms with Gasteiger partial charge in [-0.2, -0.15) is 0 Å². The van der Waals surface area contributed by atoms with E-state index in [1.165, 1.54) is 0 Å². The van der Waals surface area contributed by atoms with Crippen LogP contribution in [0.4, 0.5) is 0 Å². The van der Waals surface area contributed by atoms with Crippen LogP contribution in [0.25, 0.3) is 0 Å². The number of Topliss-reactive ketones (excluding diaryl/α,β-unsaturated/α-hetero) is 1. The van der Waals surface area contributed by atoms with E-state index in [2.05, 4.69) is 6.92 Å². The number of hydrogen-bond acceptors (Lipinski definition) is 3. The number of carbonyl (C=O) groups excluding carboxylic acids is 1. The van der Waals surface area contributed by atoms with Crippen LogP contribution >= 0.6 is 0 Å². The molecule has 2 rings (SSSR count). The summed E-state index contributed by atoms with van der Waals surface area (Å²) in [6, 6.07) is 7.72. The van der Waals surface area contributed by atoms with Crippen LogP contribution in [0, 0.1) is 11.8 Å². The highest BCUT2D eigenvalue weighted by Crippen LogP contribution is 2.24. The highest BCUT2D eigenvalue weighted by Gasteiger charge is 2.27.